The number of imide groups is 1. The van der Waals surface area contributed by atoms with Crippen molar-refractivity contribution in [1.82, 2.24) is 5.32 Å². The van der Waals surface area contributed by atoms with Crippen LogP contribution in [-0.4, -0.2) is 36.3 Å². The molecule has 4 rings (SSSR count). The van der Waals surface area contributed by atoms with Crippen molar-refractivity contribution >= 4 is 40.2 Å². The molecule has 162 valence electrons. The van der Waals surface area contributed by atoms with Crippen LogP contribution in [0.2, 0.25) is 0 Å². The highest BCUT2D eigenvalue weighted by Gasteiger charge is 2.33. The number of carbonyl (C=O) groups is 4. The van der Waals surface area contributed by atoms with Gasteiger partial charge in [0.15, 0.2) is 6.61 Å². The van der Waals surface area contributed by atoms with Gasteiger partial charge in [0.25, 0.3) is 17.7 Å². The van der Waals surface area contributed by atoms with E-state index in [1.807, 2.05) is 26.0 Å². The Balaban J connectivity index is 1.52. The molecule has 0 spiro atoms. The number of rotatable bonds is 6. The second-order valence-corrected chi connectivity index (χ2v) is 7.65. The number of anilines is 1. The summed E-state index contributed by atoms with van der Waals surface area (Å²) >= 11 is 0. The predicted molar refractivity (Wildman–Crippen MR) is 120 cm³/mol. The fraction of sp³-hybridized carbons (Fsp3) is 0.200. The maximum atomic E-state index is 13.1. The molecule has 3 aromatic rings. The molecule has 0 fully saturated rings. The number of esters is 1. The lowest BCUT2D eigenvalue weighted by atomic mass is 9.94. The zero-order valence-electron chi connectivity index (χ0n) is 17.8. The number of benzene rings is 3. The first-order valence-corrected chi connectivity index (χ1v) is 10.4. The minimum absolute atomic E-state index is 0.00363. The van der Waals surface area contributed by atoms with Crippen LogP contribution in [0.25, 0.3) is 10.8 Å². The first-order valence-electron chi connectivity index (χ1n) is 10.4. The van der Waals surface area contributed by atoms with Gasteiger partial charge in [-0.3, -0.25) is 14.4 Å². The highest BCUT2D eigenvalue weighted by molar-refractivity contribution is 6.35. The van der Waals surface area contributed by atoms with E-state index in [1.54, 1.807) is 24.3 Å². The maximum absolute atomic E-state index is 13.1. The Morgan fingerprint density at radius 1 is 0.938 bits per heavy atom. The topological polar surface area (TPSA) is 92.8 Å². The van der Waals surface area contributed by atoms with Crippen LogP contribution in [0, 0.1) is 0 Å². The summed E-state index contributed by atoms with van der Waals surface area (Å²) in [7, 11) is 0. The van der Waals surface area contributed by atoms with Crippen LogP contribution in [0.4, 0.5) is 5.69 Å². The molecule has 0 unspecified atom stereocenters. The molecule has 0 saturated heterocycles. The Bertz CT molecular complexity index is 1180. The van der Waals surface area contributed by atoms with Gasteiger partial charge in [0.1, 0.15) is 0 Å². The van der Waals surface area contributed by atoms with Crippen LogP contribution in [0.15, 0.2) is 60.7 Å². The first kappa shape index (κ1) is 21.2. The Kier molecular flexibility index (Phi) is 5.73. The quantitative estimate of drug-likeness (QED) is 0.475. The molecule has 1 aliphatic rings. The number of nitrogens with one attached hydrogen (secondary N) is 1. The molecule has 32 heavy (non-hydrogen) atoms. The smallest absolute Gasteiger partial charge is 0.338 e. The number of hydrogen-bond donors (Lipinski definition) is 1. The van der Waals surface area contributed by atoms with E-state index in [2.05, 4.69) is 5.32 Å². The van der Waals surface area contributed by atoms with E-state index < -0.39 is 17.8 Å². The average molecular weight is 430 g/mol. The number of hydrogen-bond acceptors (Lipinski definition) is 5. The molecule has 0 aliphatic carbocycles. The van der Waals surface area contributed by atoms with Crippen LogP contribution in [0.5, 0.6) is 0 Å². The summed E-state index contributed by atoms with van der Waals surface area (Å²) in [5.74, 6) is -1.88. The molecular weight excluding hydrogens is 408 g/mol. The van der Waals surface area contributed by atoms with E-state index in [-0.39, 0.29) is 24.1 Å². The van der Waals surface area contributed by atoms with Crippen LogP contribution in [-0.2, 0) is 9.53 Å². The van der Waals surface area contributed by atoms with Gasteiger partial charge in [-0.05, 0) is 55.1 Å². The summed E-state index contributed by atoms with van der Waals surface area (Å²) in [6.07, 6.45) is 0.772. The monoisotopic (exact) mass is 430 g/mol. The van der Waals surface area contributed by atoms with Gasteiger partial charge in [0, 0.05) is 22.6 Å². The minimum Gasteiger partial charge on any atom is -0.452 e. The van der Waals surface area contributed by atoms with E-state index in [4.69, 9.17) is 4.74 Å². The lowest BCUT2D eigenvalue weighted by molar-refractivity contribution is -0.124. The zero-order valence-corrected chi connectivity index (χ0v) is 17.8. The van der Waals surface area contributed by atoms with Crippen LogP contribution >= 0.6 is 0 Å². The molecule has 7 nitrogen and oxygen atoms in total. The summed E-state index contributed by atoms with van der Waals surface area (Å²) in [6.45, 7) is 3.42. The molecule has 0 saturated carbocycles. The van der Waals surface area contributed by atoms with Gasteiger partial charge in [-0.2, -0.15) is 0 Å². The van der Waals surface area contributed by atoms with Crippen molar-refractivity contribution in [2.75, 3.05) is 11.5 Å². The fourth-order valence-corrected chi connectivity index (χ4v) is 3.64. The summed E-state index contributed by atoms with van der Waals surface area (Å²) < 4.78 is 5.05. The molecule has 1 aliphatic heterocycles. The molecule has 3 amide bonds. The number of amides is 3. The standard InChI is InChI=1S/C25H22N2O5/c1-3-15(2)26-21(28)14-32-25(31)17-10-12-18(13-11-17)27-23(29)19-8-4-6-16-7-5-9-20(22(16)19)24(27)30/h4-13,15H,3,14H2,1-2H3,(H,26,28)/t15-/m0/s1. The number of ether oxygens (including phenoxy) is 1. The van der Waals surface area contributed by atoms with Crippen LogP contribution in [0.1, 0.15) is 51.3 Å². The Labute approximate surface area is 185 Å². The number of nitrogens with zero attached hydrogens (tertiary/aromatic N) is 1. The normalized spacial score (nSPS) is 13.8. The van der Waals surface area contributed by atoms with Crippen molar-refractivity contribution in [3.63, 3.8) is 0 Å². The molecule has 7 heteroatoms. The molecule has 1 atom stereocenters. The fourth-order valence-electron chi connectivity index (χ4n) is 3.64. The van der Waals surface area contributed by atoms with Gasteiger partial charge in [0.05, 0.1) is 11.3 Å². The van der Waals surface area contributed by atoms with E-state index in [0.29, 0.717) is 22.2 Å². The maximum Gasteiger partial charge on any atom is 0.338 e. The van der Waals surface area contributed by atoms with Gasteiger partial charge >= 0.3 is 5.97 Å². The lowest BCUT2D eigenvalue weighted by Crippen LogP contribution is -2.40. The third-order valence-corrected chi connectivity index (χ3v) is 5.49. The van der Waals surface area contributed by atoms with E-state index in [0.717, 1.165) is 16.7 Å². The van der Waals surface area contributed by atoms with Crippen molar-refractivity contribution in [2.24, 2.45) is 0 Å². The Morgan fingerprint density at radius 2 is 1.53 bits per heavy atom. The van der Waals surface area contributed by atoms with Gasteiger partial charge in [-0.1, -0.05) is 31.2 Å². The van der Waals surface area contributed by atoms with Gasteiger partial charge in [-0.25, -0.2) is 9.69 Å². The molecule has 0 bridgehead atoms. The van der Waals surface area contributed by atoms with Gasteiger partial charge in [0.2, 0.25) is 0 Å². The summed E-state index contributed by atoms with van der Waals surface area (Å²) in [6, 6.07) is 16.6. The number of carbonyl (C=O) groups excluding carboxylic acids is 4. The molecular formula is C25H22N2O5. The molecule has 0 aromatic heterocycles. The van der Waals surface area contributed by atoms with E-state index in [9.17, 15) is 19.2 Å². The van der Waals surface area contributed by atoms with E-state index in [1.165, 1.54) is 24.3 Å². The highest BCUT2D eigenvalue weighted by atomic mass is 16.5. The summed E-state index contributed by atoms with van der Waals surface area (Å²) in [4.78, 5) is 51.3. The Hall–Kier alpha value is -4.00. The van der Waals surface area contributed by atoms with Crippen molar-refractivity contribution in [3.8, 4) is 0 Å². The highest BCUT2D eigenvalue weighted by Crippen LogP contribution is 2.32. The van der Waals surface area contributed by atoms with Crippen molar-refractivity contribution in [2.45, 2.75) is 26.3 Å². The average Bonchev–Trinajstić information content (AvgIpc) is 2.81. The van der Waals surface area contributed by atoms with E-state index >= 15 is 0 Å². The second-order valence-electron chi connectivity index (χ2n) is 7.65. The lowest BCUT2D eigenvalue weighted by Gasteiger charge is -2.27. The Morgan fingerprint density at radius 3 is 2.09 bits per heavy atom. The SMILES string of the molecule is CC[C@H](C)NC(=O)COC(=O)c1ccc(N2C(=O)c3cccc4cccc(c34)C2=O)cc1. The third kappa shape index (κ3) is 3.85. The molecule has 1 heterocycles. The zero-order chi connectivity index (χ0) is 22.8. The van der Waals surface area contributed by atoms with Crippen molar-refractivity contribution in [3.05, 3.63) is 77.4 Å². The molecule has 0 radical (unpaired) electrons. The summed E-state index contributed by atoms with van der Waals surface area (Å²) in [5, 5.41) is 4.20. The summed E-state index contributed by atoms with van der Waals surface area (Å²) in [5.41, 5.74) is 1.46. The van der Waals surface area contributed by atoms with Gasteiger partial charge in [-0.15, -0.1) is 0 Å². The first-order chi connectivity index (χ1) is 15.4. The van der Waals surface area contributed by atoms with Crippen molar-refractivity contribution in [1.29, 1.82) is 0 Å². The van der Waals surface area contributed by atoms with Crippen molar-refractivity contribution < 1.29 is 23.9 Å². The predicted octanol–water partition coefficient (Wildman–Crippen LogP) is 3.71. The van der Waals surface area contributed by atoms with Crippen LogP contribution < -0.4 is 10.2 Å². The second kappa shape index (κ2) is 8.63. The molecule has 1 N–H and O–H groups in total. The minimum atomic E-state index is -0.665. The van der Waals surface area contributed by atoms with Crippen LogP contribution in [0.3, 0.4) is 0 Å². The molecule has 3 aromatic carbocycles. The largest absolute Gasteiger partial charge is 0.452 e. The van der Waals surface area contributed by atoms with Gasteiger partial charge < -0.3 is 10.1 Å². The third-order valence-electron chi connectivity index (χ3n) is 5.49.